The molecule has 0 bridgehead atoms. The van der Waals surface area contributed by atoms with Crippen LogP contribution in [0.15, 0.2) is 30.3 Å². The number of ketones is 1. The van der Waals surface area contributed by atoms with Crippen molar-refractivity contribution in [3.05, 3.63) is 52.8 Å². The first-order chi connectivity index (χ1) is 13.7. The predicted octanol–water partition coefficient (Wildman–Crippen LogP) is 2.97. The van der Waals surface area contributed by atoms with Crippen molar-refractivity contribution in [1.82, 2.24) is 9.47 Å². The average molecular weight is 419 g/mol. The first-order valence-corrected chi connectivity index (χ1v) is 11.8. The summed E-state index contributed by atoms with van der Waals surface area (Å²) in [5, 5.41) is 0. The van der Waals surface area contributed by atoms with Crippen molar-refractivity contribution in [2.75, 3.05) is 38.2 Å². The summed E-state index contributed by atoms with van der Waals surface area (Å²) in [5.41, 5.74) is 3.63. The summed E-state index contributed by atoms with van der Waals surface area (Å²) in [4.78, 5) is 14.8. The number of hydrogen-bond donors (Lipinski definition) is 0. The van der Waals surface area contributed by atoms with Crippen molar-refractivity contribution in [3.8, 4) is 5.75 Å². The van der Waals surface area contributed by atoms with Crippen molar-refractivity contribution in [2.45, 2.75) is 33.2 Å². The van der Waals surface area contributed by atoms with Crippen LogP contribution in [0.5, 0.6) is 5.75 Å². The number of ether oxygens (including phenoxy) is 1. The Balaban J connectivity index is 1.58. The number of benzene rings is 1. The minimum atomic E-state index is -2.97. The number of Topliss-reactive ketones (excluding diaryl/α,β-unsaturated/α-hetero) is 1. The molecule has 0 aliphatic carbocycles. The molecular formula is C22H30N2O4S. The lowest BCUT2D eigenvalue weighted by Crippen LogP contribution is -2.30. The van der Waals surface area contributed by atoms with Crippen LogP contribution in [-0.2, 0) is 9.84 Å². The van der Waals surface area contributed by atoms with Gasteiger partial charge in [0.25, 0.3) is 0 Å². The average Bonchev–Trinajstić information content (AvgIpc) is 3.13. The van der Waals surface area contributed by atoms with E-state index in [0.29, 0.717) is 31.7 Å². The zero-order chi connectivity index (χ0) is 21.2. The third-order valence-corrected chi connectivity index (χ3v) is 7.25. The summed E-state index contributed by atoms with van der Waals surface area (Å²) < 4.78 is 31.5. The Morgan fingerprint density at radius 1 is 1.24 bits per heavy atom. The molecule has 1 saturated heterocycles. The molecule has 0 amide bonds. The molecule has 1 aliphatic heterocycles. The van der Waals surface area contributed by atoms with Gasteiger partial charge in [-0.15, -0.1) is 0 Å². The van der Waals surface area contributed by atoms with Gasteiger partial charge in [0.1, 0.15) is 12.4 Å². The molecule has 2 heterocycles. The molecule has 1 fully saturated rings. The van der Waals surface area contributed by atoms with Crippen molar-refractivity contribution in [2.24, 2.45) is 0 Å². The molecule has 3 rings (SSSR count). The fraction of sp³-hybridized carbons (Fsp3) is 0.500. The molecule has 1 aromatic carbocycles. The minimum Gasteiger partial charge on any atom is -0.492 e. The van der Waals surface area contributed by atoms with Crippen LogP contribution in [0.2, 0.25) is 0 Å². The van der Waals surface area contributed by atoms with Crippen LogP contribution >= 0.6 is 0 Å². The van der Waals surface area contributed by atoms with Crippen molar-refractivity contribution >= 4 is 15.6 Å². The Morgan fingerprint density at radius 3 is 2.66 bits per heavy atom. The molecule has 29 heavy (non-hydrogen) atoms. The number of carbonyl (C=O) groups is 1. The fourth-order valence-corrected chi connectivity index (χ4v) is 5.73. The first kappa shape index (κ1) is 21.6. The van der Waals surface area contributed by atoms with Gasteiger partial charge in [0.2, 0.25) is 0 Å². The van der Waals surface area contributed by atoms with Crippen molar-refractivity contribution < 1.29 is 17.9 Å². The van der Waals surface area contributed by atoms with E-state index >= 15 is 0 Å². The van der Waals surface area contributed by atoms with Gasteiger partial charge in [-0.3, -0.25) is 9.69 Å². The molecule has 158 valence electrons. The maximum atomic E-state index is 12.8. The van der Waals surface area contributed by atoms with Crippen LogP contribution in [0.25, 0.3) is 0 Å². The second-order valence-corrected chi connectivity index (χ2v) is 10.3. The van der Waals surface area contributed by atoms with E-state index in [-0.39, 0.29) is 23.3 Å². The summed E-state index contributed by atoms with van der Waals surface area (Å²) in [5.74, 6) is 1.26. The van der Waals surface area contributed by atoms with Crippen LogP contribution in [0, 0.1) is 20.8 Å². The van der Waals surface area contributed by atoms with Gasteiger partial charge in [0.15, 0.2) is 15.6 Å². The molecule has 7 heteroatoms. The molecule has 6 nitrogen and oxygen atoms in total. The van der Waals surface area contributed by atoms with Crippen LogP contribution in [0.3, 0.4) is 0 Å². The number of sulfone groups is 1. The maximum Gasteiger partial charge on any atom is 0.178 e. The summed E-state index contributed by atoms with van der Waals surface area (Å²) in [6.45, 7) is 7.31. The van der Waals surface area contributed by atoms with Gasteiger partial charge in [0.05, 0.1) is 18.1 Å². The fourth-order valence-electron chi connectivity index (χ4n) is 4.03. The highest BCUT2D eigenvalue weighted by atomic mass is 32.2. The lowest BCUT2D eigenvalue weighted by atomic mass is 10.1. The van der Waals surface area contributed by atoms with Gasteiger partial charge in [-0.25, -0.2) is 8.42 Å². The third-order valence-electron chi connectivity index (χ3n) is 5.50. The lowest BCUT2D eigenvalue weighted by molar-refractivity contribution is 0.0937. The number of rotatable bonds is 8. The van der Waals surface area contributed by atoms with Gasteiger partial charge in [0, 0.05) is 29.5 Å². The highest BCUT2D eigenvalue weighted by molar-refractivity contribution is 7.91. The van der Waals surface area contributed by atoms with E-state index in [1.54, 1.807) is 0 Å². The predicted molar refractivity (Wildman–Crippen MR) is 115 cm³/mol. The monoisotopic (exact) mass is 418 g/mol. The Labute approximate surface area is 173 Å². The molecule has 1 unspecified atom stereocenters. The second kappa shape index (κ2) is 8.71. The van der Waals surface area contributed by atoms with E-state index in [2.05, 4.69) is 0 Å². The molecule has 1 aliphatic rings. The Hall–Kier alpha value is -2.12. The molecule has 1 aromatic heterocycles. The quantitative estimate of drug-likeness (QED) is 0.617. The zero-order valence-corrected chi connectivity index (χ0v) is 18.5. The lowest BCUT2D eigenvalue weighted by Gasteiger charge is -2.18. The molecule has 0 saturated carbocycles. The molecule has 0 spiro atoms. The molecule has 1 atom stereocenters. The summed E-state index contributed by atoms with van der Waals surface area (Å²) in [6.07, 6.45) is 0.614. The van der Waals surface area contributed by atoms with Gasteiger partial charge in [-0.1, -0.05) is 12.1 Å². The second-order valence-electron chi connectivity index (χ2n) is 8.04. The van der Waals surface area contributed by atoms with Gasteiger partial charge in [-0.2, -0.15) is 0 Å². The van der Waals surface area contributed by atoms with Crippen LogP contribution in [0.1, 0.15) is 39.8 Å². The smallest absolute Gasteiger partial charge is 0.178 e. The van der Waals surface area contributed by atoms with E-state index in [1.807, 2.05) is 67.6 Å². The highest BCUT2D eigenvalue weighted by Gasteiger charge is 2.31. The number of likely N-dealkylation sites (N-methyl/N-ethyl adjacent to an activating group) is 1. The maximum absolute atomic E-state index is 12.8. The van der Waals surface area contributed by atoms with E-state index in [1.165, 1.54) is 0 Å². The number of carbonyl (C=O) groups excluding carboxylic acids is 1. The largest absolute Gasteiger partial charge is 0.492 e. The van der Waals surface area contributed by atoms with E-state index in [4.69, 9.17) is 4.74 Å². The summed E-state index contributed by atoms with van der Waals surface area (Å²) in [6, 6.07) is 9.72. The van der Waals surface area contributed by atoms with Crippen molar-refractivity contribution in [3.63, 3.8) is 0 Å². The molecule has 0 N–H and O–H groups in total. The summed E-state index contributed by atoms with van der Waals surface area (Å²) in [7, 11) is -1.07. The van der Waals surface area contributed by atoms with E-state index in [9.17, 15) is 13.2 Å². The van der Waals surface area contributed by atoms with Crippen LogP contribution in [-0.4, -0.2) is 61.9 Å². The summed E-state index contributed by atoms with van der Waals surface area (Å²) >= 11 is 0. The Bertz CT molecular complexity index is 994. The number of aromatic nitrogens is 1. The van der Waals surface area contributed by atoms with Gasteiger partial charge < -0.3 is 9.30 Å². The number of nitrogens with zero attached hydrogens (tertiary/aromatic N) is 2. The Morgan fingerprint density at radius 2 is 2.00 bits per heavy atom. The SMILES string of the molecule is Cc1cccc(OCCN(C)CC(=O)c2cc(C)n(C3CCS(=O)(=O)C3)c2C)c1. The standard InChI is InChI=1S/C22H30N2O4S/c1-16-6-5-7-20(12-16)28-10-9-23(4)14-22(25)21-13-17(2)24(18(21)3)19-8-11-29(26,27)15-19/h5-7,12-13,19H,8-11,14-15H2,1-4H3. The molecule has 0 radical (unpaired) electrons. The topological polar surface area (TPSA) is 68.6 Å². The number of aryl methyl sites for hydroxylation is 2. The highest BCUT2D eigenvalue weighted by Crippen LogP contribution is 2.29. The van der Waals surface area contributed by atoms with Gasteiger partial charge >= 0.3 is 0 Å². The first-order valence-electron chi connectivity index (χ1n) is 9.96. The van der Waals surface area contributed by atoms with E-state index < -0.39 is 9.84 Å². The Kier molecular flexibility index (Phi) is 6.49. The van der Waals surface area contributed by atoms with Gasteiger partial charge in [-0.05, 0) is 58.0 Å². The van der Waals surface area contributed by atoms with Crippen LogP contribution in [0.4, 0.5) is 0 Å². The number of hydrogen-bond acceptors (Lipinski definition) is 5. The third kappa shape index (κ3) is 5.28. The normalized spacial score (nSPS) is 18.3. The zero-order valence-electron chi connectivity index (χ0n) is 17.6. The van der Waals surface area contributed by atoms with E-state index in [0.717, 1.165) is 22.7 Å². The molecular weight excluding hydrogens is 388 g/mol. The van der Waals surface area contributed by atoms with Crippen LogP contribution < -0.4 is 4.74 Å². The van der Waals surface area contributed by atoms with Crippen molar-refractivity contribution in [1.29, 1.82) is 0 Å². The minimum absolute atomic E-state index is 0.0447. The molecule has 2 aromatic rings.